The Bertz CT molecular complexity index is 249. The van der Waals surface area contributed by atoms with E-state index in [1.54, 1.807) is 7.11 Å². The van der Waals surface area contributed by atoms with Gasteiger partial charge in [0.25, 0.3) is 0 Å². The van der Waals surface area contributed by atoms with Crippen molar-refractivity contribution >= 4 is 5.97 Å². The minimum absolute atomic E-state index is 0.0912. The summed E-state index contributed by atoms with van der Waals surface area (Å²) in [5.74, 6) is -0.139. The van der Waals surface area contributed by atoms with Gasteiger partial charge in [-0.05, 0) is 19.4 Å². The molecule has 0 amide bonds. The quantitative estimate of drug-likeness (QED) is 0.422. The van der Waals surface area contributed by atoms with Gasteiger partial charge in [0.15, 0.2) is 0 Å². The smallest absolute Gasteiger partial charge is 0.323 e. The SMILES string of the molecule is COCCOCCOCCN1CCCC1C(=O)OC. The third-order valence-electron chi connectivity index (χ3n) is 3.16. The Balaban J connectivity index is 2.01. The van der Waals surface area contributed by atoms with Gasteiger partial charge in [-0.3, -0.25) is 9.69 Å². The van der Waals surface area contributed by atoms with Gasteiger partial charge in [0.2, 0.25) is 0 Å². The van der Waals surface area contributed by atoms with E-state index in [0.29, 0.717) is 33.0 Å². The first-order valence-corrected chi connectivity index (χ1v) is 6.76. The molecule has 0 aromatic heterocycles. The molecule has 0 aromatic rings. The summed E-state index contributed by atoms with van der Waals surface area (Å²) >= 11 is 0. The van der Waals surface area contributed by atoms with Crippen LogP contribution in [0.25, 0.3) is 0 Å². The van der Waals surface area contributed by atoms with Crippen LogP contribution >= 0.6 is 0 Å². The van der Waals surface area contributed by atoms with Crippen molar-refractivity contribution in [2.45, 2.75) is 18.9 Å². The molecule has 1 rings (SSSR count). The van der Waals surface area contributed by atoms with E-state index < -0.39 is 0 Å². The van der Waals surface area contributed by atoms with Gasteiger partial charge in [-0.25, -0.2) is 0 Å². The lowest BCUT2D eigenvalue weighted by atomic mass is 10.2. The molecule has 6 nitrogen and oxygen atoms in total. The Labute approximate surface area is 114 Å². The van der Waals surface area contributed by atoms with Crippen LogP contribution < -0.4 is 0 Å². The van der Waals surface area contributed by atoms with Crippen LogP contribution in [0.3, 0.4) is 0 Å². The van der Waals surface area contributed by atoms with Crippen molar-refractivity contribution in [3.8, 4) is 0 Å². The summed E-state index contributed by atoms with van der Waals surface area (Å²) in [4.78, 5) is 13.6. The number of carbonyl (C=O) groups excluding carboxylic acids is 1. The number of hydrogen-bond acceptors (Lipinski definition) is 6. The van der Waals surface area contributed by atoms with Crippen LogP contribution in [-0.4, -0.2) is 77.3 Å². The first kappa shape index (κ1) is 16.4. The summed E-state index contributed by atoms with van der Waals surface area (Å²) in [5.41, 5.74) is 0. The number of carbonyl (C=O) groups is 1. The Hall–Kier alpha value is -0.690. The van der Waals surface area contributed by atoms with Crippen molar-refractivity contribution in [3.05, 3.63) is 0 Å². The molecular weight excluding hydrogens is 250 g/mol. The third kappa shape index (κ3) is 6.33. The second-order valence-corrected chi connectivity index (χ2v) is 4.43. The van der Waals surface area contributed by atoms with E-state index in [2.05, 4.69) is 4.90 Å². The zero-order valence-electron chi connectivity index (χ0n) is 11.9. The maximum absolute atomic E-state index is 11.5. The molecule has 1 heterocycles. The Morgan fingerprint density at radius 1 is 1.11 bits per heavy atom. The number of likely N-dealkylation sites (tertiary alicyclic amines) is 1. The molecule has 0 radical (unpaired) electrons. The second kappa shape index (κ2) is 10.1. The lowest BCUT2D eigenvalue weighted by Crippen LogP contribution is -2.38. The molecule has 1 saturated heterocycles. The molecule has 0 bridgehead atoms. The van der Waals surface area contributed by atoms with Crippen LogP contribution in [0.15, 0.2) is 0 Å². The summed E-state index contributed by atoms with van der Waals surface area (Å²) in [6.07, 6.45) is 1.92. The maximum atomic E-state index is 11.5. The topological polar surface area (TPSA) is 57.2 Å². The van der Waals surface area contributed by atoms with Crippen LogP contribution in [0.1, 0.15) is 12.8 Å². The maximum Gasteiger partial charge on any atom is 0.323 e. The number of esters is 1. The van der Waals surface area contributed by atoms with E-state index in [1.807, 2.05) is 0 Å². The molecule has 0 N–H and O–H groups in total. The van der Waals surface area contributed by atoms with E-state index in [-0.39, 0.29) is 12.0 Å². The van der Waals surface area contributed by atoms with Gasteiger partial charge < -0.3 is 18.9 Å². The zero-order valence-corrected chi connectivity index (χ0v) is 11.9. The van der Waals surface area contributed by atoms with Gasteiger partial charge in [0, 0.05) is 13.7 Å². The van der Waals surface area contributed by atoms with Gasteiger partial charge in [-0.15, -0.1) is 0 Å². The highest BCUT2D eigenvalue weighted by Crippen LogP contribution is 2.17. The predicted octanol–water partition coefficient (Wildman–Crippen LogP) is 0.303. The minimum atomic E-state index is -0.139. The van der Waals surface area contributed by atoms with E-state index in [4.69, 9.17) is 18.9 Å². The largest absolute Gasteiger partial charge is 0.468 e. The van der Waals surface area contributed by atoms with Crippen molar-refractivity contribution in [2.75, 3.05) is 60.3 Å². The van der Waals surface area contributed by atoms with Crippen LogP contribution in [0.4, 0.5) is 0 Å². The molecule has 1 atom stereocenters. The summed E-state index contributed by atoms with van der Waals surface area (Å²) in [5, 5.41) is 0. The van der Waals surface area contributed by atoms with Gasteiger partial charge in [0.1, 0.15) is 6.04 Å². The molecule has 6 heteroatoms. The number of nitrogens with zero attached hydrogens (tertiary/aromatic N) is 1. The Kier molecular flexibility index (Phi) is 8.73. The normalized spacial score (nSPS) is 19.8. The van der Waals surface area contributed by atoms with Crippen molar-refractivity contribution in [1.82, 2.24) is 4.90 Å². The van der Waals surface area contributed by atoms with Gasteiger partial charge in [-0.1, -0.05) is 0 Å². The number of hydrogen-bond donors (Lipinski definition) is 0. The molecule has 0 spiro atoms. The summed E-state index contributed by atoms with van der Waals surface area (Å²) < 4.78 is 20.4. The van der Waals surface area contributed by atoms with E-state index in [9.17, 15) is 4.79 Å². The van der Waals surface area contributed by atoms with Crippen LogP contribution in [0, 0.1) is 0 Å². The van der Waals surface area contributed by atoms with E-state index in [0.717, 1.165) is 25.9 Å². The minimum Gasteiger partial charge on any atom is -0.468 e. The lowest BCUT2D eigenvalue weighted by molar-refractivity contribution is -0.146. The molecule has 1 fully saturated rings. The van der Waals surface area contributed by atoms with E-state index in [1.165, 1.54) is 7.11 Å². The number of rotatable bonds is 10. The highest BCUT2D eigenvalue weighted by Gasteiger charge is 2.30. The monoisotopic (exact) mass is 275 g/mol. The van der Waals surface area contributed by atoms with Crippen LogP contribution in [0.2, 0.25) is 0 Å². The van der Waals surface area contributed by atoms with E-state index >= 15 is 0 Å². The lowest BCUT2D eigenvalue weighted by Gasteiger charge is -2.21. The molecule has 0 saturated carbocycles. The number of methoxy groups -OCH3 is 2. The molecule has 0 aliphatic carbocycles. The highest BCUT2D eigenvalue weighted by atomic mass is 16.5. The molecule has 1 aliphatic heterocycles. The Morgan fingerprint density at radius 3 is 2.47 bits per heavy atom. The fourth-order valence-corrected chi connectivity index (χ4v) is 2.14. The Morgan fingerprint density at radius 2 is 1.79 bits per heavy atom. The summed E-state index contributed by atoms with van der Waals surface area (Å²) in [6, 6.07) is -0.0912. The molecule has 1 unspecified atom stereocenters. The number of ether oxygens (including phenoxy) is 4. The fraction of sp³-hybridized carbons (Fsp3) is 0.923. The van der Waals surface area contributed by atoms with Gasteiger partial charge in [-0.2, -0.15) is 0 Å². The van der Waals surface area contributed by atoms with Crippen molar-refractivity contribution in [2.24, 2.45) is 0 Å². The van der Waals surface area contributed by atoms with Gasteiger partial charge in [0.05, 0.1) is 40.1 Å². The molecule has 0 aromatic carbocycles. The summed E-state index contributed by atoms with van der Waals surface area (Å²) in [6.45, 7) is 4.65. The predicted molar refractivity (Wildman–Crippen MR) is 70.1 cm³/mol. The first-order valence-electron chi connectivity index (χ1n) is 6.76. The standard InChI is InChI=1S/C13H25NO5/c1-16-8-9-19-11-10-18-7-6-14-5-3-4-12(14)13(15)17-2/h12H,3-11H2,1-2H3. The fourth-order valence-electron chi connectivity index (χ4n) is 2.14. The second-order valence-electron chi connectivity index (χ2n) is 4.43. The highest BCUT2D eigenvalue weighted by molar-refractivity contribution is 5.75. The van der Waals surface area contributed by atoms with Crippen molar-refractivity contribution in [3.63, 3.8) is 0 Å². The van der Waals surface area contributed by atoms with Crippen molar-refractivity contribution in [1.29, 1.82) is 0 Å². The third-order valence-corrected chi connectivity index (χ3v) is 3.16. The van der Waals surface area contributed by atoms with Crippen molar-refractivity contribution < 1.29 is 23.7 Å². The molecule has 112 valence electrons. The van der Waals surface area contributed by atoms with Gasteiger partial charge >= 0.3 is 5.97 Å². The molecular formula is C13H25NO5. The summed E-state index contributed by atoms with van der Waals surface area (Å²) in [7, 11) is 3.08. The molecule has 1 aliphatic rings. The zero-order chi connectivity index (χ0) is 13.9. The average molecular weight is 275 g/mol. The first-order chi connectivity index (χ1) is 9.29. The molecule has 19 heavy (non-hydrogen) atoms. The van der Waals surface area contributed by atoms with Crippen LogP contribution in [-0.2, 0) is 23.7 Å². The van der Waals surface area contributed by atoms with Crippen LogP contribution in [0.5, 0.6) is 0 Å². The average Bonchev–Trinajstić information content (AvgIpc) is 2.89.